The molecule has 0 spiro atoms. The van der Waals surface area contributed by atoms with Gasteiger partial charge in [-0.15, -0.1) is 0 Å². The minimum absolute atomic E-state index is 0.890. The van der Waals surface area contributed by atoms with Crippen molar-refractivity contribution in [1.82, 2.24) is 9.55 Å². The topological polar surface area (TPSA) is 29.9 Å². The maximum absolute atomic E-state index is 4.47. The second-order valence-electron chi connectivity index (χ2n) is 3.33. The molecule has 1 heterocycles. The van der Waals surface area contributed by atoms with Crippen molar-refractivity contribution in [3.63, 3.8) is 0 Å². The lowest BCUT2D eigenvalue weighted by Gasteiger charge is -2.02. The molecule has 0 atom stereocenters. The Morgan fingerprint density at radius 3 is 2.79 bits per heavy atom. The second-order valence-corrected chi connectivity index (χ2v) is 4.25. The van der Waals surface area contributed by atoms with Crippen molar-refractivity contribution in [3.8, 4) is 0 Å². The number of anilines is 1. The van der Waals surface area contributed by atoms with Crippen LogP contribution in [0.4, 0.5) is 5.95 Å². The molecule has 74 valence electrons. The van der Waals surface area contributed by atoms with Crippen LogP contribution in [0.15, 0.2) is 16.6 Å². The summed E-state index contributed by atoms with van der Waals surface area (Å²) in [7, 11) is 3.90. The smallest absolute Gasteiger partial charge is 0.203 e. The maximum Gasteiger partial charge on any atom is 0.203 e. The summed E-state index contributed by atoms with van der Waals surface area (Å²) in [5.74, 6) is 0.890. The normalized spacial score (nSPS) is 10.9. The quantitative estimate of drug-likeness (QED) is 0.847. The van der Waals surface area contributed by atoms with Crippen LogP contribution in [0.25, 0.3) is 11.0 Å². The van der Waals surface area contributed by atoms with E-state index in [4.69, 9.17) is 0 Å². The van der Waals surface area contributed by atoms with E-state index < -0.39 is 0 Å². The van der Waals surface area contributed by atoms with Crippen LogP contribution < -0.4 is 5.32 Å². The first-order valence-electron chi connectivity index (χ1n) is 4.44. The first-order valence-corrected chi connectivity index (χ1v) is 5.23. The molecule has 0 fully saturated rings. The number of aryl methyl sites for hydroxylation is 2. The Kier molecular flexibility index (Phi) is 2.23. The van der Waals surface area contributed by atoms with E-state index in [1.807, 2.05) is 20.2 Å². The van der Waals surface area contributed by atoms with Crippen molar-refractivity contribution in [3.05, 3.63) is 22.2 Å². The van der Waals surface area contributed by atoms with E-state index in [0.717, 1.165) is 15.9 Å². The molecule has 0 radical (unpaired) electrons. The number of aromatic nitrogens is 2. The van der Waals surface area contributed by atoms with Gasteiger partial charge in [-0.25, -0.2) is 4.98 Å². The van der Waals surface area contributed by atoms with Crippen molar-refractivity contribution in [2.24, 2.45) is 7.05 Å². The lowest BCUT2D eigenvalue weighted by atomic mass is 10.2. The molecule has 2 rings (SSSR count). The van der Waals surface area contributed by atoms with Gasteiger partial charge in [-0.2, -0.15) is 0 Å². The van der Waals surface area contributed by atoms with Gasteiger partial charge in [-0.1, -0.05) is 15.9 Å². The number of imidazole rings is 1. The molecule has 2 aromatic rings. The van der Waals surface area contributed by atoms with Crippen LogP contribution in [0.3, 0.4) is 0 Å². The molecule has 0 saturated heterocycles. The molecule has 0 aliphatic heterocycles. The van der Waals surface area contributed by atoms with Crippen LogP contribution in [0.1, 0.15) is 5.56 Å². The van der Waals surface area contributed by atoms with Crippen LogP contribution in [-0.4, -0.2) is 16.6 Å². The van der Waals surface area contributed by atoms with Gasteiger partial charge < -0.3 is 9.88 Å². The van der Waals surface area contributed by atoms with Crippen LogP contribution >= 0.6 is 15.9 Å². The fourth-order valence-electron chi connectivity index (χ4n) is 1.76. The van der Waals surface area contributed by atoms with Gasteiger partial charge in [0.05, 0.1) is 11.0 Å². The molecule has 0 amide bonds. The van der Waals surface area contributed by atoms with Crippen LogP contribution in [-0.2, 0) is 7.05 Å². The van der Waals surface area contributed by atoms with Crippen molar-refractivity contribution in [2.75, 3.05) is 12.4 Å². The van der Waals surface area contributed by atoms with E-state index in [-0.39, 0.29) is 0 Å². The average Bonchev–Trinajstić information content (AvgIpc) is 2.42. The number of hydrogen-bond donors (Lipinski definition) is 1. The van der Waals surface area contributed by atoms with Gasteiger partial charge in [0, 0.05) is 18.6 Å². The Bertz CT molecular complexity index is 488. The first kappa shape index (κ1) is 9.52. The standard InChI is InChI=1S/C10H12BrN3/c1-6-4-7(11)5-8-9(6)14(3)10(12-2)13-8/h4-5H,1-3H3,(H,12,13). The highest BCUT2D eigenvalue weighted by Crippen LogP contribution is 2.25. The summed E-state index contributed by atoms with van der Waals surface area (Å²) in [6, 6.07) is 4.13. The Morgan fingerprint density at radius 2 is 2.14 bits per heavy atom. The number of hydrogen-bond acceptors (Lipinski definition) is 2. The zero-order chi connectivity index (χ0) is 10.3. The first-order chi connectivity index (χ1) is 6.63. The number of rotatable bonds is 1. The summed E-state index contributed by atoms with van der Waals surface area (Å²) in [6.07, 6.45) is 0. The van der Waals surface area contributed by atoms with Gasteiger partial charge in [0.1, 0.15) is 0 Å². The molecule has 0 aliphatic rings. The largest absolute Gasteiger partial charge is 0.359 e. The van der Waals surface area contributed by atoms with Gasteiger partial charge in [-0.3, -0.25) is 0 Å². The van der Waals surface area contributed by atoms with Crippen LogP contribution in [0.2, 0.25) is 0 Å². The van der Waals surface area contributed by atoms with E-state index in [1.54, 1.807) is 0 Å². The fraction of sp³-hybridized carbons (Fsp3) is 0.300. The molecule has 14 heavy (non-hydrogen) atoms. The molecule has 1 N–H and O–H groups in total. The molecule has 0 saturated carbocycles. The van der Waals surface area contributed by atoms with Crippen molar-refractivity contribution in [2.45, 2.75) is 6.92 Å². The van der Waals surface area contributed by atoms with Gasteiger partial charge >= 0.3 is 0 Å². The van der Waals surface area contributed by atoms with Gasteiger partial charge in [-0.05, 0) is 24.6 Å². The zero-order valence-corrected chi connectivity index (χ0v) is 10.0. The monoisotopic (exact) mass is 253 g/mol. The lowest BCUT2D eigenvalue weighted by molar-refractivity contribution is 0.949. The van der Waals surface area contributed by atoms with E-state index in [0.29, 0.717) is 0 Å². The number of benzene rings is 1. The molecule has 0 unspecified atom stereocenters. The summed E-state index contributed by atoms with van der Waals surface area (Å²) >= 11 is 3.47. The second kappa shape index (κ2) is 3.28. The zero-order valence-electron chi connectivity index (χ0n) is 8.43. The Balaban J connectivity index is 2.85. The number of nitrogens with one attached hydrogen (secondary N) is 1. The van der Waals surface area contributed by atoms with Gasteiger partial charge in [0.25, 0.3) is 0 Å². The fourth-order valence-corrected chi connectivity index (χ4v) is 2.32. The lowest BCUT2D eigenvalue weighted by Crippen LogP contribution is -1.98. The number of halogens is 1. The number of fused-ring (bicyclic) bond motifs is 1. The van der Waals surface area contributed by atoms with E-state index in [2.05, 4.69) is 43.8 Å². The Morgan fingerprint density at radius 1 is 1.43 bits per heavy atom. The third-order valence-electron chi connectivity index (χ3n) is 2.35. The predicted molar refractivity (Wildman–Crippen MR) is 62.7 cm³/mol. The molecule has 3 nitrogen and oxygen atoms in total. The third kappa shape index (κ3) is 1.30. The van der Waals surface area contributed by atoms with E-state index >= 15 is 0 Å². The highest BCUT2D eigenvalue weighted by atomic mass is 79.9. The Labute approximate surface area is 91.3 Å². The summed E-state index contributed by atoms with van der Waals surface area (Å²) in [5, 5.41) is 3.07. The van der Waals surface area contributed by atoms with Crippen LogP contribution in [0, 0.1) is 6.92 Å². The minimum Gasteiger partial charge on any atom is -0.359 e. The molecular weight excluding hydrogens is 242 g/mol. The molecule has 0 bridgehead atoms. The molecule has 1 aromatic heterocycles. The molecule has 0 aliphatic carbocycles. The van der Waals surface area contributed by atoms with Crippen molar-refractivity contribution >= 4 is 32.9 Å². The minimum atomic E-state index is 0.890. The van der Waals surface area contributed by atoms with Crippen molar-refractivity contribution < 1.29 is 0 Å². The summed E-state index contributed by atoms with van der Waals surface area (Å²) in [6.45, 7) is 2.09. The van der Waals surface area contributed by atoms with Crippen LogP contribution in [0.5, 0.6) is 0 Å². The summed E-state index contributed by atoms with van der Waals surface area (Å²) in [4.78, 5) is 4.47. The third-order valence-corrected chi connectivity index (χ3v) is 2.81. The summed E-state index contributed by atoms with van der Waals surface area (Å²) in [5.41, 5.74) is 3.42. The predicted octanol–water partition coefficient (Wildman–Crippen LogP) is 2.69. The van der Waals surface area contributed by atoms with E-state index in [9.17, 15) is 0 Å². The maximum atomic E-state index is 4.47. The molecule has 4 heteroatoms. The number of nitrogens with zero attached hydrogens (tertiary/aromatic N) is 2. The Hall–Kier alpha value is -1.03. The molecular formula is C10H12BrN3. The SMILES string of the molecule is CNc1nc2cc(Br)cc(C)c2n1C. The highest BCUT2D eigenvalue weighted by Gasteiger charge is 2.08. The van der Waals surface area contributed by atoms with Crippen molar-refractivity contribution in [1.29, 1.82) is 0 Å². The average molecular weight is 254 g/mol. The molecule has 1 aromatic carbocycles. The van der Waals surface area contributed by atoms with Gasteiger partial charge in [0.15, 0.2) is 0 Å². The van der Waals surface area contributed by atoms with E-state index in [1.165, 1.54) is 11.1 Å². The highest BCUT2D eigenvalue weighted by molar-refractivity contribution is 9.10. The van der Waals surface area contributed by atoms with Gasteiger partial charge in [0.2, 0.25) is 5.95 Å². The summed E-state index contributed by atoms with van der Waals surface area (Å²) < 4.78 is 3.14.